The summed E-state index contributed by atoms with van der Waals surface area (Å²) >= 11 is 5.73. The van der Waals surface area contributed by atoms with E-state index in [9.17, 15) is 5.11 Å². The van der Waals surface area contributed by atoms with E-state index >= 15 is 0 Å². The Balaban J connectivity index is 2.77. The number of benzene rings is 1. The van der Waals surface area contributed by atoms with Gasteiger partial charge in [0.15, 0.2) is 0 Å². The maximum atomic E-state index is 9.49. The van der Waals surface area contributed by atoms with Crippen LogP contribution in [0.4, 0.5) is 0 Å². The first-order chi connectivity index (χ1) is 6.15. The number of hydrogen-bond acceptors (Lipinski definition) is 2. The van der Waals surface area contributed by atoms with Crippen LogP contribution >= 0.6 is 11.6 Å². The van der Waals surface area contributed by atoms with Crippen molar-refractivity contribution in [1.82, 2.24) is 0 Å². The highest BCUT2D eigenvalue weighted by atomic mass is 35.5. The Morgan fingerprint density at radius 3 is 2.38 bits per heavy atom. The molecule has 1 aromatic rings. The summed E-state index contributed by atoms with van der Waals surface area (Å²) in [5, 5.41) is 10.2. The molecule has 13 heavy (non-hydrogen) atoms. The number of nitrogens with two attached hydrogens (primary N) is 1. The highest BCUT2D eigenvalue weighted by molar-refractivity contribution is 6.30. The monoisotopic (exact) mass is 199 g/mol. The quantitative estimate of drug-likeness (QED) is 0.784. The standard InChI is InChI=1S/C10H14ClNO/c1-2-9(13)10(12)7-3-5-8(11)6-4-7/h3-6,9-10,13H,2,12H2,1H3. The van der Waals surface area contributed by atoms with Crippen molar-refractivity contribution >= 4 is 11.6 Å². The molecule has 0 aliphatic heterocycles. The Kier molecular flexibility index (Phi) is 3.72. The van der Waals surface area contributed by atoms with Gasteiger partial charge in [0.25, 0.3) is 0 Å². The molecule has 0 aliphatic carbocycles. The highest BCUT2D eigenvalue weighted by Crippen LogP contribution is 2.18. The summed E-state index contributed by atoms with van der Waals surface area (Å²) in [7, 11) is 0. The van der Waals surface area contributed by atoms with Gasteiger partial charge in [-0.05, 0) is 24.1 Å². The van der Waals surface area contributed by atoms with Gasteiger partial charge in [-0.3, -0.25) is 0 Å². The SMILES string of the molecule is CCC(O)C(N)c1ccc(Cl)cc1. The minimum absolute atomic E-state index is 0.317. The van der Waals surface area contributed by atoms with E-state index in [0.717, 1.165) is 5.56 Å². The summed E-state index contributed by atoms with van der Waals surface area (Å²) in [5.74, 6) is 0. The molecule has 0 radical (unpaired) electrons. The van der Waals surface area contributed by atoms with Crippen LogP contribution in [0.1, 0.15) is 24.9 Å². The van der Waals surface area contributed by atoms with Gasteiger partial charge in [0.2, 0.25) is 0 Å². The second-order valence-electron chi connectivity index (χ2n) is 3.05. The van der Waals surface area contributed by atoms with Crippen LogP contribution in [-0.2, 0) is 0 Å². The first kappa shape index (κ1) is 10.5. The molecule has 72 valence electrons. The predicted molar refractivity (Wildman–Crippen MR) is 54.7 cm³/mol. The number of halogens is 1. The average Bonchev–Trinajstić information content (AvgIpc) is 2.17. The summed E-state index contributed by atoms with van der Waals surface area (Å²) in [6, 6.07) is 6.91. The van der Waals surface area contributed by atoms with E-state index in [0.29, 0.717) is 11.4 Å². The molecule has 1 aromatic carbocycles. The van der Waals surface area contributed by atoms with Gasteiger partial charge in [0, 0.05) is 5.02 Å². The third-order valence-corrected chi connectivity index (χ3v) is 2.34. The fraction of sp³-hybridized carbons (Fsp3) is 0.400. The Bertz CT molecular complexity index is 260. The maximum absolute atomic E-state index is 9.49. The zero-order chi connectivity index (χ0) is 9.84. The molecule has 1 rings (SSSR count). The predicted octanol–water partition coefficient (Wildman–Crippen LogP) is 2.11. The summed E-state index contributed by atoms with van der Waals surface area (Å²) < 4.78 is 0. The molecule has 0 saturated heterocycles. The summed E-state index contributed by atoms with van der Waals surface area (Å²) in [5.41, 5.74) is 6.72. The van der Waals surface area contributed by atoms with E-state index in [4.69, 9.17) is 17.3 Å². The Hall–Kier alpha value is -0.570. The van der Waals surface area contributed by atoms with Crippen molar-refractivity contribution in [2.75, 3.05) is 0 Å². The normalized spacial score (nSPS) is 15.4. The largest absolute Gasteiger partial charge is 0.391 e. The van der Waals surface area contributed by atoms with E-state index in [1.165, 1.54) is 0 Å². The molecule has 0 amide bonds. The third kappa shape index (κ3) is 2.69. The molecular formula is C10H14ClNO. The van der Waals surface area contributed by atoms with Crippen molar-refractivity contribution in [2.24, 2.45) is 5.73 Å². The minimum atomic E-state index is -0.485. The number of aliphatic hydroxyl groups is 1. The average molecular weight is 200 g/mol. The zero-order valence-electron chi connectivity index (χ0n) is 7.57. The van der Waals surface area contributed by atoms with Crippen LogP contribution < -0.4 is 5.73 Å². The van der Waals surface area contributed by atoms with Crippen LogP contribution in [0.3, 0.4) is 0 Å². The van der Waals surface area contributed by atoms with Gasteiger partial charge in [-0.2, -0.15) is 0 Å². The van der Waals surface area contributed by atoms with E-state index in [-0.39, 0.29) is 6.04 Å². The van der Waals surface area contributed by atoms with Gasteiger partial charge in [-0.15, -0.1) is 0 Å². The summed E-state index contributed by atoms with van der Waals surface area (Å²) in [4.78, 5) is 0. The Labute approximate surface area is 83.3 Å². The van der Waals surface area contributed by atoms with Gasteiger partial charge in [0.05, 0.1) is 12.1 Å². The van der Waals surface area contributed by atoms with Crippen LogP contribution in [0.15, 0.2) is 24.3 Å². The number of hydrogen-bond donors (Lipinski definition) is 2. The molecule has 2 nitrogen and oxygen atoms in total. The molecule has 0 heterocycles. The lowest BCUT2D eigenvalue weighted by molar-refractivity contribution is 0.140. The first-order valence-electron chi connectivity index (χ1n) is 4.34. The maximum Gasteiger partial charge on any atom is 0.0730 e. The van der Waals surface area contributed by atoms with Crippen molar-refractivity contribution < 1.29 is 5.11 Å². The molecule has 0 fully saturated rings. The smallest absolute Gasteiger partial charge is 0.0730 e. The lowest BCUT2D eigenvalue weighted by Gasteiger charge is -2.17. The molecule has 0 aliphatic rings. The van der Waals surface area contributed by atoms with Crippen molar-refractivity contribution in [3.63, 3.8) is 0 Å². The summed E-state index contributed by atoms with van der Waals surface area (Å²) in [6.07, 6.45) is 0.172. The van der Waals surface area contributed by atoms with Crippen molar-refractivity contribution in [1.29, 1.82) is 0 Å². The molecule has 3 N–H and O–H groups in total. The van der Waals surface area contributed by atoms with Gasteiger partial charge >= 0.3 is 0 Å². The molecule has 2 atom stereocenters. The molecular weight excluding hydrogens is 186 g/mol. The van der Waals surface area contributed by atoms with Crippen molar-refractivity contribution in [3.8, 4) is 0 Å². The lowest BCUT2D eigenvalue weighted by Crippen LogP contribution is -2.25. The van der Waals surface area contributed by atoms with Crippen molar-refractivity contribution in [3.05, 3.63) is 34.9 Å². The number of aliphatic hydroxyl groups excluding tert-OH is 1. The van der Waals surface area contributed by atoms with E-state index in [2.05, 4.69) is 0 Å². The molecule has 0 aromatic heterocycles. The highest BCUT2D eigenvalue weighted by Gasteiger charge is 2.13. The van der Waals surface area contributed by atoms with Crippen LogP contribution in [0.25, 0.3) is 0 Å². The minimum Gasteiger partial charge on any atom is -0.391 e. The van der Waals surface area contributed by atoms with Gasteiger partial charge in [-0.1, -0.05) is 30.7 Å². The first-order valence-corrected chi connectivity index (χ1v) is 4.72. The Morgan fingerprint density at radius 2 is 1.92 bits per heavy atom. The zero-order valence-corrected chi connectivity index (χ0v) is 8.33. The van der Waals surface area contributed by atoms with E-state index in [1.807, 2.05) is 19.1 Å². The van der Waals surface area contributed by atoms with Crippen molar-refractivity contribution in [2.45, 2.75) is 25.5 Å². The number of rotatable bonds is 3. The van der Waals surface area contributed by atoms with Gasteiger partial charge < -0.3 is 10.8 Å². The lowest BCUT2D eigenvalue weighted by atomic mass is 10.0. The van der Waals surface area contributed by atoms with Gasteiger partial charge in [-0.25, -0.2) is 0 Å². The van der Waals surface area contributed by atoms with E-state index in [1.54, 1.807) is 12.1 Å². The van der Waals surface area contributed by atoms with Crippen LogP contribution in [-0.4, -0.2) is 11.2 Å². The molecule has 0 saturated carbocycles. The second kappa shape index (κ2) is 4.61. The molecule has 0 spiro atoms. The van der Waals surface area contributed by atoms with Crippen LogP contribution in [0.5, 0.6) is 0 Å². The Morgan fingerprint density at radius 1 is 1.38 bits per heavy atom. The van der Waals surface area contributed by atoms with Crippen LogP contribution in [0, 0.1) is 0 Å². The molecule has 0 bridgehead atoms. The third-order valence-electron chi connectivity index (χ3n) is 2.09. The fourth-order valence-corrected chi connectivity index (χ4v) is 1.29. The fourth-order valence-electron chi connectivity index (χ4n) is 1.16. The topological polar surface area (TPSA) is 46.2 Å². The van der Waals surface area contributed by atoms with Crippen LogP contribution in [0.2, 0.25) is 5.02 Å². The molecule has 3 heteroatoms. The van der Waals surface area contributed by atoms with E-state index < -0.39 is 6.10 Å². The van der Waals surface area contributed by atoms with Gasteiger partial charge in [0.1, 0.15) is 0 Å². The second-order valence-corrected chi connectivity index (χ2v) is 3.49. The summed E-state index contributed by atoms with van der Waals surface area (Å²) in [6.45, 7) is 1.90. The molecule has 2 unspecified atom stereocenters.